The molecule has 0 spiro atoms. The molecule has 1 amide bonds. The highest BCUT2D eigenvalue weighted by Gasteiger charge is 2.30. The second kappa shape index (κ2) is 7.84. The fraction of sp³-hybridized carbons (Fsp3) is 0.500. The number of ether oxygens (including phenoxy) is 2. The van der Waals surface area contributed by atoms with Crippen LogP contribution in [0, 0.1) is 6.92 Å². The van der Waals surface area contributed by atoms with Crippen molar-refractivity contribution in [3.63, 3.8) is 0 Å². The molecule has 1 aromatic carbocycles. The molecule has 5 nitrogen and oxygen atoms in total. The zero-order valence-electron chi connectivity index (χ0n) is 12.0. The topological polar surface area (TPSA) is 73.6 Å². The Balaban J connectivity index is 0.00000220. The van der Waals surface area contributed by atoms with Crippen molar-refractivity contribution >= 4 is 35.6 Å². The smallest absolute Gasteiger partial charge is 0.253 e. The lowest BCUT2D eigenvalue weighted by molar-refractivity contribution is -0.126. The van der Waals surface area contributed by atoms with Gasteiger partial charge in [-0.2, -0.15) is 0 Å². The van der Waals surface area contributed by atoms with E-state index in [1.807, 2.05) is 6.92 Å². The zero-order chi connectivity index (χ0) is 14.7. The largest absolute Gasteiger partial charge is 0.495 e. The summed E-state index contributed by atoms with van der Waals surface area (Å²) in [6.07, 6.45) is 1.01. The van der Waals surface area contributed by atoms with Crippen LogP contribution in [0.3, 0.4) is 0 Å². The van der Waals surface area contributed by atoms with Crippen molar-refractivity contribution in [3.8, 4) is 5.75 Å². The Kier molecular flexibility index (Phi) is 6.74. The summed E-state index contributed by atoms with van der Waals surface area (Å²) < 4.78 is 10.8. The second-order valence-electron chi connectivity index (χ2n) is 4.85. The van der Waals surface area contributed by atoms with Crippen LogP contribution in [0.25, 0.3) is 0 Å². The van der Waals surface area contributed by atoms with Crippen molar-refractivity contribution < 1.29 is 14.3 Å². The first-order valence-electron chi connectivity index (χ1n) is 6.55. The second-order valence-corrected chi connectivity index (χ2v) is 5.26. The summed E-state index contributed by atoms with van der Waals surface area (Å²) in [4.78, 5) is 12.2. The minimum absolute atomic E-state index is 0. The van der Waals surface area contributed by atoms with Gasteiger partial charge in [-0.15, -0.1) is 12.4 Å². The highest BCUT2D eigenvalue weighted by Crippen LogP contribution is 2.31. The molecule has 1 aliphatic rings. The third kappa shape index (κ3) is 4.23. The summed E-state index contributed by atoms with van der Waals surface area (Å²) in [5.74, 6) is 0.350. The minimum atomic E-state index is -0.454. The number of methoxy groups -OCH3 is 1. The monoisotopic (exact) mass is 334 g/mol. The molecular formula is C14H20Cl2N2O3. The van der Waals surface area contributed by atoms with Gasteiger partial charge in [-0.05, 0) is 31.4 Å². The molecule has 1 fully saturated rings. The van der Waals surface area contributed by atoms with Gasteiger partial charge in [0, 0.05) is 17.6 Å². The molecule has 0 aromatic heterocycles. The van der Waals surface area contributed by atoms with Crippen LogP contribution in [-0.2, 0) is 9.53 Å². The number of hydrogen-bond acceptors (Lipinski definition) is 4. The maximum Gasteiger partial charge on any atom is 0.253 e. The van der Waals surface area contributed by atoms with Gasteiger partial charge in [-0.25, -0.2) is 0 Å². The molecule has 2 rings (SSSR count). The van der Waals surface area contributed by atoms with Crippen molar-refractivity contribution in [2.75, 3.05) is 19.0 Å². The Hall–Kier alpha value is -1.01. The molecule has 1 heterocycles. The number of aryl methyl sites for hydroxylation is 1. The summed E-state index contributed by atoms with van der Waals surface area (Å²) in [6, 6.07) is 3.47. The third-order valence-electron chi connectivity index (χ3n) is 3.40. The van der Waals surface area contributed by atoms with Crippen LogP contribution in [0.15, 0.2) is 12.1 Å². The van der Waals surface area contributed by atoms with Gasteiger partial charge in [0.25, 0.3) is 5.91 Å². The van der Waals surface area contributed by atoms with E-state index >= 15 is 0 Å². The van der Waals surface area contributed by atoms with Crippen LogP contribution in [0.1, 0.15) is 18.4 Å². The molecule has 1 aromatic rings. The summed E-state index contributed by atoms with van der Waals surface area (Å²) in [5, 5.41) is 3.43. The van der Waals surface area contributed by atoms with E-state index < -0.39 is 6.10 Å². The molecular weight excluding hydrogens is 315 g/mol. The maximum atomic E-state index is 12.2. The van der Waals surface area contributed by atoms with Crippen LogP contribution in [0.4, 0.5) is 5.69 Å². The number of rotatable bonds is 4. The average Bonchev–Trinajstić information content (AvgIpc) is 2.91. The first-order chi connectivity index (χ1) is 9.55. The molecule has 0 saturated carbocycles. The first kappa shape index (κ1) is 18.0. The van der Waals surface area contributed by atoms with Crippen LogP contribution in [0.5, 0.6) is 5.75 Å². The number of carbonyl (C=O) groups is 1. The van der Waals surface area contributed by atoms with Crippen molar-refractivity contribution in [1.29, 1.82) is 0 Å². The predicted octanol–water partition coefficient (Wildman–Crippen LogP) is 2.52. The van der Waals surface area contributed by atoms with Crippen LogP contribution in [0.2, 0.25) is 5.02 Å². The molecule has 3 N–H and O–H groups in total. The fourth-order valence-corrected chi connectivity index (χ4v) is 2.37. The highest BCUT2D eigenvalue weighted by molar-refractivity contribution is 6.31. The molecule has 0 aliphatic carbocycles. The molecule has 1 saturated heterocycles. The van der Waals surface area contributed by atoms with Gasteiger partial charge < -0.3 is 20.5 Å². The van der Waals surface area contributed by atoms with Crippen LogP contribution in [-0.4, -0.2) is 31.8 Å². The molecule has 0 bridgehead atoms. The summed E-state index contributed by atoms with van der Waals surface area (Å²) in [6.45, 7) is 2.31. The molecule has 0 unspecified atom stereocenters. The zero-order valence-corrected chi connectivity index (χ0v) is 13.6. The van der Waals surface area contributed by atoms with E-state index in [9.17, 15) is 4.79 Å². The van der Waals surface area contributed by atoms with Gasteiger partial charge in [0.2, 0.25) is 0 Å². The average molecular weight is 335 g/mol. The number of halogens is 2. The van der Waals surface area contributed by atoms with Gasteiger partial charge in [-0.1, -0.05) is 11.6 Å². The predicted molar refractivity (Wildman–Crippen MR) is 85.6 cm³/mol. The van der Waals surface area contributed by atoms with Crippen molar-refractivity contribution in [3.05, 3.63) is 22.7 Å². The van der Waals surface area contributed by atoms with E-state index in [-0.39, 0.29) is 24.4 Å². The van der Waals surface area contributed by atoms with E-state index in [1.54, 1.807) is 12.1 Å². The molecule has 7 heteroatoms. The number of amides is 1. The molecule has 21 heavy (non-hydrogen) atoms. The van der Waals surface area contributed by atoms with Crippen LogP contribution >= 0.6 is 24.0 Å². The molecule has 1 aliphatic heterocycles. The van der Waals surface area contributed by atoms with Crippen LogP contribution < -0.4 is 15.8 Å². The van der Waals surface area contributed by atoms with Gasteiger partial charge in [-0.3, -0.25) is 4.79 Å². The molecule has 0 radical (unpaired) electrons. The quantitative estimate of drug-likeness (QED) is 0.887. The van der Waals surface area contributed by atoms with Gasteiger partial charge in [0.15, 0.2) is 0 Å². The Morgan fingerprint density at radius 2 is 2.24 bits per heavy atom. The van der Waals surface area contributed by atoms with Crippen molar-refractivity contribution in [1.82, 2.24) is 0 Å². The lowest BCUT2D eigenvalue weighted by Crippen LogP contribution is -2.30. The number of carbonyl (C=O) groups excluding carboxylic acids is 1. The summed E-state index contributed by atoms with van der Waals surface area (Å²) >= 11 is 6.03. The number of nitrogens with one attached hydrogen (secondary N) is 1. The first-order valence-corrected chi connectivity index (χ1v) is 6.93. The number of hydrogen-bond donors (Lipinski definition) is 2. The van der Waals surface area contributed by atoms with Crippen molar-refractivity contribution in [2.24, 2.45) is 5.73 Å². The van der Waals surface area contributed by atoms with E-state index in [4.69, 9.17) is 26.8 Å². The minimum Gasteiger partial charge on any atom is -0.495 e. The Morgan fingerprint density at radius 1 is 1.52 bits per heavy atom. The summed E-state index contributed by atoms with van der Waals surface area (Å²) in [7, 11) is 1.53. The number of anilines is 1. The van der Waals surface area contributed by atoms with E-state index in [0.29, 0.717) is 29.4 Å². The standard InChI is InChI=1S/C14H19ClN2O3.ClH/c1-8-5-11(13(19-2)6-10(8)15)17-14(18)12-4-3-9(7-16)20-12;/h5-6,9,12H,3-4,7,16H2,1-2H3,(H,17,18);1H/t9-,12+;/m1./s1. The molecule has 118 valence electrons. The van der Waals surface area contributed by atoms with Crippen molar-refractivity contribution in [2.45, 2.75) is 32.0 Å². The number of benzene rings is 1. The summed E-state index contributed by atoms with van der Waals surface area (Å²) in [5.41, 5.74) is 7.01. The van der Waals surface area contributed by atoms with Gasteiger partial charge in [0.05, 0.1) is 18.9 Å². The Bertz CT molecular complexity index is 511. The third-order valence-corrected chi connectivity index (χ3v) is 3.81. The lowest BCUT2D eigenvalue weighted by Gasteiger charge is -2.15. The van der Waals surface area contributed by atoms with E-state index in [0.717, 1.165) is 12.0 Å². The molecule has 2 atom stereocenters. The normalized spacial score (nSPS) is 20.8. The van der Waals surface area contributed by atoms with Gasteiger partial charge in [0.1, 0.15) is 11.9 Å². The Labute approximate surface area is 135 Å². The van der Waals surface area contributed by atoms with E-state index in [2.05, 4.69) is 5.32 Å². The van der Waals surface area contributed by atoms with E-state index in [1.165, 1.54) is 7.11 Å². The van der Waals surface area contributed by atoms with Gasteiger partial charge >= 0.3 is 0 Å². The number of nitrogens with two attached hydrogens (primary N) is 1. The highest BCUT2D eigenvalue weighted by atomic mass is 35.5. The fourth-order valence-electron chi connectivity index (χ4n) is 2.22. The lowest BCUT2D eigenvalue weighted by atomic mass is 10.1. The SMILES string of the molecule is COc1cc(Cl)c(C)cc1NC(=O)[C@@H]1CC[C@H](CN)O1.Cl. The Morgan fingerprint density at radius 3 is 2.81 bits per heavy atom. The maximum absolute atomic E-state index is 12.2.